The minimum Gasteiger partial charge on any atom is -0.497 e. The number of ether oxygens (including phenoxy) is 2. The van der Waals surface area contributed by atoms with Gasteiger partial charge in [-0.25, -0.2) is 5.43 Å². The predicted molar refractivity (Wildman–Crippen MR) is 94.7 cm³/mol. The van der Waals surface area contributed by atoms with Gasteiger partial charge in [0, 0.05) is 0 Å². The molecule has 0 spiro atoms. The van der Waals surface area contributed by atoms with Crippen molar-refractivity contribution in [3.05, 3.63) is 59.7 Å². The van der Waals surface area contributed by atoms with Crippen molar-refractivity contribution < 1.29 is 14.3 Å². The fraction of sp³-hybridized carbons (Fsp3) is 0.263. The third-order valence-corrected chi connectivity index (χ3v) is 3.56. The first kappa shape index (κ1) is 17.5. The van der Waals surface area contributed by atoms with Crippen molar-refractivity contribution in [1.29, 1.82) is 0 Å². The van der Waals surface area contributed by atoms with Crippen molar-refractivity contribution in [2.45, 2.75) is 20.3 Å². The minimum absolute atomic E-state index is 0.0785. The van der Waals surface area contributed by atoms with Gasteiger partial charge in [-0.2, -0.15) is 5.10 Å². The Hall–Kier alpha value is -2.82. The predicted octanol–water partition coefficient (Wildman–Crippen LogP) is 3.18. The van der Waals surface area contributed by atoms with Crippen molar-refractivity contribution in [3.63, 3.8) is 0 Å². The zero-order chi connectivity index (χ0) is 17.4. The fourth-order valence-electron chi connectivity index (χ4n) is 2.05. The maximum atomic E-state index is 11.8. The molecule has 0 bridgehead atoms. The van der Waals surface area contributed by atoms with Crippen molar-refractivity contribution in [2.75, 3.05) is 13.7 Å². The standard InChI is InChI=1S/C19H22N2O3/c1-4-15-5-9-18(10-6-15)24-13-19(22)21-20-14(2)16-7-11-17(23-3)12-8-16/h5-12H,4,13H2,1-3H3,(H,21,22)/b20-14-. The average molecular weight is 326 g/mol. The maximum Gasteiger partial charge on any atom is 0.277 e. The summed E-state index contributed by atoms with van der Waals surface area (Å²) in [5, 5.41) is 4.09. The van der Waals surface area contributed by atoms with Gasteiger partial charge in [-0.3, -0.25) is 4.79 Å². The molecule has 126 valence electrons. The van der Waals surface area contributed by atoms with Crippen LogP contribution in [0.3, 0.4) is 0 Å². The monoisotopic (exact) mass is 326 g/mol. The lowest BCUT2D eigenvalue weighted by atomic mass is 10.1. The Morgan fingerprint density at radius 1 is 1.04 bits per heavy atom. The topological polar surface area (TPSA) is 59.9 Å². The van der Waals surface area contributed by atoms with E-state index >= 15 is 0 Å². The zero-order valence-electron chi connectivity index (χ0n) is 14.2. The summed E-state index contributed by atoms with van der Waals surface area (Å²) in [6, 6.07) is 15.2. The number of benzene rings is 2. The van der Waals surface area contributed by atoms with Gasteiger partial charge in [0.05, 0.1) is 12.8 Å². The van der Waals surface area contributed by atoms with E-state index in [1.54, 1.807) is 7.11 Å². The van der Waals surface area contributed by atoms with Crippen LogP contribution in [0.15, 0.2) is 53.6 Å². The second-order valence-electron chi connectivity index (χ2n) is 5.25. The molecule has 5 heteroatoms. The zero-order valence-corrected chi connectivity index (χ0v) is 14.2. The van der Waals surface area contributed by atoms with Gasteiger partial charge in [-0.15, -0.1) is 0 Å². The first-order valence-corrected chi connectivity index (χ1v) is 7.81. The van der Waals surface area contributed by atoms with Crippen LogP contribution in [0.1, 0.15) is 25.0 Å². The van der Waals surface area contributed by atoms with Gasteiger partial charge in [-0.05, 0) is 60.9 Å². The Morgan fingerprint density at radius 2 is 1.67 bits per heavy atom. The van der Waals surface area contributed by atoms with E-state index in [4.69, 9.17) is 9.47 Å². The van der Waals surface area contributed by atoms with Gasteiger partial charge in [0.15, 0.2) is 6.61 Å². The highest BCUT2D eigenvalue weighted by atomic mass is 16.5. The number of carbonyl (C=O) groups excluding carboxylic acids is 1. The highest BCUT2D eigenvalue weighted by molar-refractivity contribution is 5.99. The molecule has 24 heavy (non-hydrogen) atoms. The Labute approximate surface area is 142 Å². The number of hydrogen-bond acceptors (Lipinski definition) is 4. The number of rotatable bonds is 7. The van der Waals surface area contributed by atoms with Gasteiger partial charge in [0.2, 0.25) is 0 Å². The van der Waals surface area contributed by atoms with Crippen LogP contribution in [0, 0.1) is 0 Å². The summed E-state index contributed by atoms with van der Waals surface area (Å²) < 4.78 is 10.5. The highest BCUT2D eigenvalue weighted by Gasteiger charge is 2.03. The van der Waals surface area contributed by atoms with Crippen molar-refractivity contribution >= 4 is 11.6 Å². The normalized spacial score (nSPS) is 11.0. The largest absolute Gasteiger partial charge is 0.497 e. The summed E-state index contributed by atoms with van der Waals surface area (Å²) in [6.45, 7) is 3.84. The summed E-state index contributed by atoms with van der Waals surface area (Å²) in [5.74, 6) is 1.14. The van der Waals surface area contributed by atoms with Crippen molar-refractivity contribution in [2.24, 2.45) is 5.10 Å². The Bertz CT molecular complexity index is 692. The second-order valence-corrected chi connectivity index (χ2v) is 5.25. The van der Waals surface area contributed by atoms with E-state index < -0.39 is 0 Å². The van der Waals surface area contributed by atoms with E-state index in [9.17, 15) is 4.79 Å². The molecule has 1 N–H and O–H groups in total. The van der Waals surface area contributed by atoms with E-state index in [0.717, 1.165) is 17.7 Å². The molecule has 2 rings (SSSR count). The Morgan fingerprint density at radius 3 is 2.25 bits per heavy atom. The molecular weight excluding hydrogens is 304 g/mol. The molecule has 1 amide bonds. The molecule has 2 aromatic carbocycles. The van der Waals surface area contributed by atoms with Crippen LogP contribution < -0.4 is 14.9 Å². The van der Waals surface area contributed by atoms with Crippen molar-refractivity contribution in [1.82, 2.24) is 5.43 Å². The molecule has 5 nitrogen and oxygen atoms in total. The lowest BCUT2D eigenvalue weighted by Gasteiger charge is -2.07. The van der Waals surface area contributed by atoms with Gasteiger partial charge in [-0.1, -0.05) is 19.1 Å². The first-order chi connectivity index (χ1) is 11.6. The van der Waals surface area contributed by atoms with Gasteiger partial charge in [0.25, 0.3) is 5.91 Å². The SMILES string of the molecule is CCc1ccc(OCC(=O)N/N=C(/C)c2ccc(OC)cc2)cc1. The molecule has 0 aliphatic carbocycles. The quantitative estimate of drug-likeness (QED) is 0.628. The second kappa shape index (κ2) is 8.72. The number of methoxy groups -OCH3 is 1. The summed E-state index contributed by atoms with van der Waals surface area (Å²) in [4.78, 5) is 11.8. The van der Waals surface area contributed by atoms with E-state index in [-0.39, 0.29) is 12.5 Å². The van der Waals surface area contributed by atoms with E-state index in [1.165, 1.54) is 5.56 Å². The number of nitrogens with one attached hydrogen (secondary N) is 1. The molecule has 0 atom stereocenters. The van der Waals surface area contributed by atoms with E-state index in [1.807, 2.05) is 55.5 Å². The summed E-state index contributed by atoms with van der Waals surface area (Å²) >= 11 is 0. The number of hydrogen-bond donors (Lipinski definition) is 1. The number of nitrogens with zero attached hydrogens (tertiary/aromatic N) is 1. The van der Waals surface area contributed by atoms with Crippen LogP contribution in [0.5, 0.6) is 11.5 Å². The molecule has 0 saturated carbocycles. The molecule has 0 aliphatic rings. The smallest absolute Gasteiger partial charge is 0.277 e. The lowest BCUT2D eigenvalue weighted by molar-refractivity contribution is -0.123. The highest BCUT2D eigenvalue weighted by Crippen LogP contribution is 2.13. The minimum atomic E-state index is -0.303. The summed E-state index contributed by atoms with van der Waals surface area (Å²) in [6.07, 6.45) is 0.972. The molecule has 0 unspecified atom stereocenters. The van der Waals surface area contributed by atoms with E-state index in [2.05, 4.69) is 17.5 Å². The summed E-state index contributed by atoms with van der Waals surface area (Å²) in [7, 11) is 1.62. The third kappa shape index (κ3) is 5.12. The van der Waals surface area contributed by atoms with Crippen LogP contribution in [-0.2, 0) is 11.2 Å². The molecule has 0 aliphatic heterocycles. The number of amides is 1. The van der Waals surface area contributed by atoms with Crippen molar-refractivity contribution in [3.8, 4) is 11.5 Å². The van der Waals surface area contributed by atoms with Gasteiger partial charge >= 0.3 is 0 Å². The van der Waals surface area contributed by atoms with Crippen LogP contribution in [0.2, 0.25) is 0 Å². The van der Waals surface area contributed by atoms with Crippen LogP contribution in [-0.4, -0.2) is 25.3 Å². The number of carbonyl (C=O) groups is 1. The molecule has 2 aromatic rings. The molecule has 0 radical (unpaired) electrons. The van der Waals surface area contributed by atoms with E-state index in [0.29, 0.717) is 11.5 Å². The van der Waals surface area contributed by atoms with Gasteiger partial charge in [0.1, 0.15) is 11.5 Å². The number of hydrazone groups is 1. The Balaban J connectivity index is 1.84. The van der Waals surface area contributed by atoms with Crippen LogP contribution >= 0.6 is 0 Å². The lowest BCUT2D eigenvalue weighted by Crippen LogP contribution is -2.25. The maximum absolute atomic E-state index is 11.8. The number of aryl methyl sites for hydroxylation is 1. The average Bonchev–Trinajstić information content (AvgIpc) is 2.64. The van der Waals surface area contributed by atoms with Crippen LogP contribution in [0.4, 0.5) is 0 Å². The Kier molecular flexibility index (Phi) is 6.37. The fourth-order valence-corrected chi connectivity index (χ4v) is 2.05. The van der Waals surface area contributed by atoms with Crippen LogP contribution in [0.25, 0.3) is 0 Å². The van der Waals surface area contributed by atoms with Gasteiger partial charge < -0.3 is 9.47 Å². The molecule has 0 saturated heterocycles. The molecule has 0 aromatic heterocycles. The third-order valence-electron chi connectivity index (χ3n) is 3.56. The molecular formula is C19H22N2O3. The first-order valence-electron chi connectivity index (χ1n) is 7.81. The molecule has 0 fully saturated rings. The summed E-state index contributed by atoms with van der Waals surface area (Å²) in [5.41, 5.74) is 5.34. The molecule has 0 heterocycles.